The summed E-state index contributed by atoms with van der Waals surface area (Å²) in [6.07, 6.45) is 4.67. The molecule has 0 spiro atoms. The molecule has 1 N–H and O–H groups in total. The van der Waals surface area contributed by atoms with Gasteiger partial charge in [0, 0.05) is 43.5 Å². The van der Waals surface area contributed by atoms with E-state index in [1.807, 2.05) is 52.3 Å². The van der Waals surface area contributed by atoms with Gasteiger partial charge in [0.25, 0.3) is 0 Å². The highest BCUT2D eigenvalue weighted by Crippen LogP contribution is 2.22. The van der Waals surface area contributed by atoms with Crippen LogP contribution in [0, 0.1) is 16.3 Å². The number of nitrogens with zero attached hydrogens (tertiary/aromatic N) is 6. The summed E-state index contributed by atoms with van der Waals surface area (Å²) in [6.45, 7) is 7.00. The molecule has 0 fully saturated rings. The Bertz CT molecular complexity index is 1440. The summed E-state index contributed by atoms with van der Waals surface area (Å²) >= 11 is 11.6. The van der Waals surface area contributed by atoms with Crippen LogP contribution < -0.4 is 5.32 Å². The highest BCUT2D eigenvalue weighted by molar-refractivity contribution is 7.72. The molecule has 0 amide bonds. The molecule has 0 saturated carbocycles. The van der Waals surface area contributed by atoms with Crippen LogP contribution in [0.2, 0.25) is 0 Å². The lowest BCUT2D eigenvalue weighted by Gasteiger charge is -2.20. The van der Waals surface area contributed by atoms with E-state index in [0.717, 1.165) is 40.8 Å². The van der Waals surface area contributed by atoms with E-state index in [-0.39, 0.29) is 0 Å². The fourth-order valence-corrected chi connectivity index (χ4v) is 4.53. The summed E-state index contributed by atoms with van der Waals surface area (Å²) in [7, 11) is 3.69. The van der Waals surface area contributed by atoms with Crippen LogP contribution in [0.15, 0.2) is 47.7 Å². The van der Waals surface area contributed by atoms with Crippen molar-refractivity contribution in [1.82, 2.24) is 23.9 Å². The molecule has 0 aliphatic rings. The van der Waals surface area contributed by atoms with E-state index in [1.54, 1.807) is 7.05 Å². The van der Waals surface area contributed by atoms with Gasteiger partial charge in [-0.25, -0.2) is 4.98 Å². The van der Waals surface area contributed by atoms with E-state index in [0.29, 0.717) is 21.1 Å². The molecule has 0 aliphatic carbocycles. The number of anilines is 1. The molecule has 0 bridgehead atoms. The first-order chi connectivity index (χ1) is 15.9. The maximum absolute atomic E-state index is 5.83. The number of aliphatic imine (C=N–C) groups is 1. The Morgan fingerprint density at radius 1 is 1.12 bits per heavy atom. The van der Waals surface area contributed by atoms with Gasteiger partial charge in [0.05, 0.1) is 17.4 Å². The van der Waals surface area contributed by atoms with Crippen LogP contribution >= 0.6 is 24.4 Å². The minimum Gasteiger partial charge on any atom is -0.339 e. The van der Waals surface area contributed by atoms with Gasteiger partial charge in [0.2, 0.25) is 0 Å². The first-order valence-corrected chi connectivity index (χ1v) is 11.7. The highest BCUT2D eigenvalue weighted by Gasteiger charge is 2.17. The van der Waals surface area contributed by atoms with Gasteiger partial charge in [-0.1, -0.05) is 25.2 Å². The number of amidine groups is 1. The van der Waals surface area contributed by atoms with Gasteiger partial charge in [-0.15, -0.1) is 0 Å². The average Bonchev–Trinajstić information content (AvgIpc) is 3.25. The van der Waals surface area contributed by atoms with Gasteiger partial charge in [0.15, 0.2) is 4.77 Å². The molecule has 1 aromatic carbocycles. The van der Waals surface area contributed by atoms with Crippen molar-refractivity contribution in [3.05, 3.63) is 69.0 Å². The number of pyridine rings is 1. The van der Waals surface area contributed by atoms with E-state index in [9.17, 15) is 0 Å². The number of rotatable bonds is 5. The van der Waals surface area contributed by atoms with Crippen LogP contribution in [0.4, 0.5) is 5.69 Å². The third-order valence-corrected chi connectivity index (χ3v) is 6.74. The van der Waals surface area contributed by atoms with Crippen molar-refractivity contribution in [3.8, 4) is 5.82 Å². The molecular weight excluding hydrogens is 450 g/mol. The summed E-state index contributed by atoms with van der Waals surface area (Å²) in [6, 6.07) is 10.2. The predicted molar refractivity (Wildman–Crippen MR) is 140 cm³/mol. The summed E-state index contributed by atoms with van der Waals surface area (Å²) in [5, 5.41) is 8.95. The van der Waals surface area contributed by atoms with E-state index in [2.05, 4.69) is 52.4 Å². The van der Waals surface area contributed by atoms with Gasteiger partial charge in [-0.05, 0) is 62.3 Å². The average molecular weight is 478 g/mol. The first kappa shape index (κ1) is 23.0. The van der Waals surface area contributed by atoms with Crippen molar-refractivity contribution in [2.24, 2.45) is 12.0 Å². The molecule has 4 aromatic rings. The van der Waals surface area contributed by atoms with Crippen LogP contribution in [-0.4, -0.2) is 36.8 Å². The van der Waals surface area contributed by atoms with Gasteiger partial charge >= 0.3 is 0 Å². The number of hydrogen-bond donors (Lipinski definition) is 1. The molecule has 0 unspecified atom stereocenters. The zero-order valence-electron chi connectivity index (χ0n) is 19.5. The van der Waals surface area contributed by atoms with Crippen molar-refractivity contribution in [2.75, 3.05) is 12.4 Å². The van der Waals surface area contributed by atoms with Crippen LogP contribution in [0.25, 0.3) is 16.7 Å². The SMILES string of the molecule is CCc1ccc(-n2c(=S)c(C)c(C(=NC)Nc3ccc4c(cnn4CC)c3)n(C)c2=S)nc1. The van der Waals surface area contributed by atoms with Crippen molar-refractivity contribution >= 4 is 46.9 Å². The van der Waals surface area contributed by atoms with E-state index >= 15 is 0 Å². The highest BCUT2D eigenvalue weighted by atomic mass is 32.1. The van der Waals surface area contributed by atoms with Crippen molar-refractivity contribution in [3.63, 3.8) is 0 Å². The molecule has 4 rings (SSSR count). The largest absolute Gasteiger partial charge is 0.339 e. The normalized spacial score (nSPS) is 11.8. The third kappa shape index (κ3) is 4.14. The zero-order chi connectivity index (χ0) is 23.7. The lowest BCUT2D eigenvalue weighted by molar-refractivity contribution is 0.684. The quantitative estimate of drug-likeness (QED) is 0.237. The molecule has 3 heterocycles. The van der Waals surface area contributed by atoms with Crippen molar-refractivity contribution < 1.29 is 0 Å². The number of benzene rings is 1. The maximum atomic E-state index is 5.83. The van der Waals surface area contributed by atoms with Gasteiger partial charge < -0.3 is 9.88 Å². The summed E-state index contributed by atoms with van der Waals surface area (Å²) in [5.74, 6) is 1.41. The van der Waals surface area contributed by atoms with Gasteiger partial charge in [0.1, 0.15) is 16.3 Å². The standard InChI is InChI=1S/C24H27N7S2/c1-6-16-8-11-20(26-13-16)31-23(32)15(3)21(29(5)24(31)33)22(25-4)28-18-9-10-19-17(12-18)14-27-30(19)7-2/h8-14H,6-7H2,1-5H3,(H,25,28). The van der Waals surface area contributed by atoms with Crippen LogP contribution in [-0.2, 0) is 20.0 Å². The third-order valence-electron chi connectivity index (χ3n) is 5.79. The topological polar surface area (TPSA) is 65.0 Å². The Hall–Kier alpha value is -3.17. The fourth-order valence-electron chi connectivity index (χ4n) is 3.92. The Morgan fingerprint density at radius 2 is 1.91 bits per heavy atom. The second kappa shape index (κ2) is 9.36. The number of fused-ring (bicyclic) bond motifs is 1. The number of aromatic nitrogens is 5. The maximum Gasteiger partial charge on any atom is 0.187 e. The smallest absolute Gasteiger partial charge is 0.187 e. The van der Waals surface area contributed by atoms with Crippen molar-refractivity contribution in [2.45, 2.75) is 33.7 Å². The van der Waals surface area contributed by atoms with Gasteiger partial charge in [-0.2, -0.15) is 5.10 Å². The van der Waals surface area contributed by atoms with Crippen molar-refractivity contribution in [1.29, 1.82) is 0 Å². The van der Waals surface area contributed by atoms with Gasteiger partial charge in [-0.3, -0.25) is 14.2 Å². The lowest BCUT2D eigenvalue weighted by atomic mass is 10.2. The Labute approximate surface area is 203 Å². The summed E-state index contributed by atoms with van der Waals surface area (Å²) in [5.41, 5.74) is 4.93. The van der Waals surface area contributed by atoms with E-state index < -0.39 is 0 Å². The minimum absolute atomic E-state index is 0.556. The molecule has 0 aliphatic heterocycles. The first-order valence-electron chi connectivity index (χ1n) is 10.9. The van der Waals surface area contributed by atoms with Crippen LogP contribution in [0.1, 0.15) is 30.7 Å². The lowest BCUT2D eigenvalue weighted by Crippen LogP contribution is -2.24. The van der Waals surface area contributed by atoms with Crippen LogP contribution in [0.3, 0.4) is 0 Å². The second-order valence-corrected chi connectivity index (χ2v) is 8.52. The number of aryl methyl sites for hydroxylation is 2. The van der Waals surface area contributed by atoms with E-state index in [4.69, 9.17) is 24.4 Å². The predicted octanol–water partition coefficient (Wildman–Crippen LogP) is 5.40. The molecular formula is C24H27N7S2. The molecule has 3 aromatic heterocycles. The summed E-state index contributed by atoms with van der Waals surface area (Å²) < 4.78 is 6.91. The molecule has 9 heteroatoms. The summed E-state index contributed by atoms with van der Waals surface area (Å²) in [4.78, 5) is 9.12. The monoisotopic (exact) mass is 477 g/mol. The van der Waals surface area contributed by atoms with Crippen LogP contribution in [0.5, 0.6) is 0 Å². The Balaban J connectivity index is 1.77. The zero-order valence-corrected chi connectivity index (χ0v) is 21.1. The Morgan fingerprint density at radius 3 is 2.55 bits per heavy atom. The molecule has 0 saturated heterocycles. The molecule has 33 heavy (non-hydrogen) atoms. The molecule has 0 radical (unpaired) electrons. The van der Waals surface area contributed by atoms with E-state index in [1.165, 1.54) is 5.56 Å². The molecule has 7 nitrogen and oxygen atoms in total. The number of nitrogens with one attached hydrogen (secondary N) is 1. The second-order valence-electron chi connectivity index (χ2n) is 7.77. The molecule has 0 atom stereocenters. The minimum atomic E-state index is 0.556. The fraction of sp³-hybridized carbons (Fsp3) is 0.292. The Kier molecular flexibility index (Phi) is 6.53. The number of hydrogen-bond acceptors (Lipinski definition) is 5. The molecule has 170 valence electrons.